The zero-order valence-electron chi connectivity index (χ0n) is 22.7. The molecule has 41 heavy (non-hydrogen) atoms. The minimum absolute atomic E-state index is 0.201. The van der Waals surface area contributed by atoms with E-state index in [1.807, 2.05) is 30.3 Å². The van der Waals surface area contributed by atoms with Crippen molar-refractivity contribution in [3.05, 3.63) is 77.7 Å². The van der Waals surface area contributed by atoms with Crippen LogP contribution in [0.4, 0.5) is 16.0 Å². The number of rotatable bonds is 9. The molecule has 6 rings (SSSR count). The number of aromatic nitrogens is 5. The van der Waals surface area contributed by atoms with Gasteiger partial charge in [0, 0.05) is 44.6 Å². The molecule has 3 aromatic heterocycles. The van der Waals surface area contributed by atoms with Gasteiger partial charge in [0.15, 0.2) is 17.5 Å². The third-order valence-electron chi connectivity index (χ3n) is 7.03. The first-order chi connectivity index (χ1) is 19.9. The van der Waals surface area contributed by atoms with Gasteiger partial charge in [-0.3, -0.25) is 9.48 Å². The first-order valence-electron chi connectivity index (χ1n) is 12.9. The topological polar surface area (TPSA) is 119 Å². The molecule has 0 atom stereocenters. The van der Waals surface area contributed by atoms with Gasteiger partial charge in [-0.05, 0) is 29.8 Å². The molecule has 0 aliphatic carbocycles. The number of carbonyl (C=O) groups is 1. The van der Waals surface area contributed by atoms with Gasteiger partial charge in [-0.25, -0.2) is 14.4 Å². The van der Waals surface area contributed by atoms with Crippen molar-refractivity contribution in [2.45, 2.75) is 12.6 Å². The van der Waals surface area contributed by atoms with Crippen molar-refractivity contribution in [1.82, 2.24) is 24.7 Å². The smallest absolute Gasteiger partial charge is 0.258 e. The molecule has 4 heterocycles. The fourth-order valence-corrected chi connectivity index (χ4v) is 4.65. The predicted molar refractivity (Wildman–Crippen MR) is 151 cm³/mol. The molecule has 1 fully saturated rings. The van der Waals surface area contributed by atoms with E-state index >= 15 is 0 Å². The molecular weight excluding hydrogens is 529 g/mol. The molecule has 0 unspecified atom stereocenters. The Labute approximate surface area is 234 Å². The number of pyridine rings is 1. The standard InChI is InChI=1S/C29H28FN7O4/c1-39-19-7-4-17(5-8-19)14-37-24(28-32-23-11-20(40-2)10-22(30)27(23)34-28)12-25(35-37)33-29(38)18-6-9-26(31-13-18)36-15-21(16-36)41-3/h4-13,21H,14-16H2,1-3H3,(H,32,34)(H,33,35,38). The molecule has 210 valence electrons. The first-order valence-corrected chi connectivity index (χ1v) is 12.9. The van der Waals surface area contributed by atoms with Crippen molar-refractivity contribution in [3.8, 4) is 23.0 Å². The van der Waals surface area contributed by atoms with E-state index in [2.05, 4.69) is 30.3 Å². The van der Waals surface area contributed by atoms with Crippen LogP contribution in [0.1, 0.15) is 15.9 Å². The SMILES string of the molecule is COc1ccc(Cn2nc(NC(=O)c3ccc(N4CC(OC)C4)nc3)cc2-c2nc3cc(OC)cc(F)c3[nH]2)cc1. The lowest BCUT2D eigenvalue weighted by molar-refractivity contribution is 0.0783. The van der Waals surface area contributed by atoms with Crippen molar-refractivity contribution in [2.75, 3.05) is 44.6 Å². The molecule has 0 saturated carbocycles. The number of hydrogen-bond acceptors (Lipinski definition) is 8. The summed E-state index contributed by atoms with van der Waals surface area (Å²) in [6.45, 7) is 1.90. The number of methoxy groups -OCH3 is 3. The quantitative estimate of drug-likeness (QED) is 0.278. The molecule has 1 amide bonds. The second-order valence-corrected chi connectivity index (χ2v) is 9.63. The molecule has 0 spiro atoms. The molecule has 2 aromatic carbocycles. The van der Waals surface area contributed by atoms with Crippen LogP contribution in [0.15, 0.2) is 60.8 Å². The van der Waals surface area contributed by atoms with E-state index in [0.717, 1.165) is 30.2 Å². The highest BCUT2D eigenvalue weighted by atomic mass is 19.1. The van der Waals surface area contributed by atoms with Crippen LogP contribution in [0.2, 0.25) is 0 Å². The Kier molecular flexibility index (Phi) is 6.98. The summed E-state index contributed by atoms with van der Waals surface area (Å²) in [6.07, 6.45) is 1.74. The number of anilines is 2. The zero-order chi connectivity index (χ0) is 28.5. The van der Waals surface area contributed by atoms with Crippen LogP contribution in [0, 0.1) is 5.82 Å². The van der Waals surface area contributed by atoms with Crippen LogP contribution in [0.25, 0.3) is 22.6 Å². The minimum Gasteiger partial charge on any atom is -0.497 e. The monoisotopic (exact) mass is 557 g/mol. The highest BCUT2D eigenvalue weighted by molar-refractivity contribution is 6.03. The van der Waals surface area contributed by atoms with Gasteiger partial charge in [-0.1, -0.05) is 12.1 Å². The summed E-state index contributed by atoms with van der Waals surface area (Å²) < 4.78 is 32.2. The summed E-state index contributed by atoms with van der Waals surface area (Å²) >= 11 is 0. The van der Waals surface area contributed by atoms with Gasteiger partial charge in [-0.2, -0.15) is 5.10 Å². The normalized spacial score (nSPS) is 13.3. The van der Waals surface area contributed by atoms with Crippen LogP contribution in [0.5, 0.6) is 11.5 Å². The number of fused-ring (bicyclic) bond motifs is 1. The number of H-pyrrole nitrogens is 1. The lowest BCUT2D eigenvalue weighted by Gasteiger charge is -2.38. The van der Waals surface area contributed by atoms with Crippen molar-refractivity contribution < 1.29 is 23.4 Å². The Hall–Kier alpha value is -4.97. The summed E-state index contributed by atoms with van der Waals surface area (Å²) in [5, 5.41) is 7.48. The van der Waals surface area contributed by atoms with Gasteiger partial charge in [0.1, 0.15) is 28.5 Å². The highest BCUT2D eigenvalue weighted by Gasteiger charge is 2.27. The number of aromatic amines is 1. The van der Waals surface area contributed by atoms with E-state index in [1.165, 1.54) is 19.4 Å². The number of nitrogens with zero attached hydrogens (tertiary/aromatic N) is 5. The number of imidazole rings is 1. The van der Waals surface area contributed by atoms with E-state index in [9.17, 15) is 9.18 Å². The van der Waals surface area contributed by atoms with Crippen LogP contribution in [0.3, 0.4) is 0 Å². The number of nitrogens with one attached hydrogen (secondary N) is 2. The van der Waals surface area contributed by atoms with E-state index in [1.54, 1.807) is 37.1 Å². The molecule has 1 aliphatic rings. The van der Waals surface area contributed by atoms with Crippen molar-refractivity contribution in [3.63, 3.8) is 0 Å². The molecule has 12 heteroatoms. The molecule has 2 N–H and O–H groups in total. The largest absolute Gasteiger partial charge is 0.497 e. The van der Waals surface area contributed by atoms with E-state index in [0.29, 0.717) is 40.7 Å². The average molecular weight is 558 g/mol. The Balaban J connectivity index is 1.28. The fraction of sp³-hybridized carbons (Fsp3) is 0.241. The van der Waals surface area contributed by atoms with Gasteiger partial charge in [-0.15, -0.1) is 0 Å². The number of hydrogen-bond donors (Lipinski definition) is 2. The number of ether oxygens (including phenoxy) is 3. The minimum atomic E-state index is -0.486. The maximum Gasteiger partial charge on any atom is 0.258 e. The molecule has 1 aliphatic heterocycles. The third-order valence-corrected chi connectivity index (χ3v) is 7.03. The Morgan fingerprint density at radius 2 is 1.83 bits per heavy atom. The Bertz CT molecular complexity index is 1690. The van der Waals surface area contributed by atoms with Crippen LogP contribution in [-0.2, 0) is 11.3 Å². The maximum absolute atomic E-state index is 14.7. The van der Waals surface area contributed by atoms with Crippen LogP contribution < -0.4 is 19.7 Å². The fourth-order valence-electron chi connectivity index (χ4n) is 4.65. The van der Waals surface area contributed by atoms with E-state index in [-0.39, 0.29) is 17.5 Å². The van der Waals surface area contributed by atoms with E-state index in [4.69, 9.17) is 14.2 Å². The molecular formula is C29H28FN7O4. The third kappa shape index (κ3) is 5.29. The first kappa shape index (κ1) is 26.3. The summed E-state index contributed by atoms with van der Waals surface area (Å²) in [6, 6.07) is 15.7. The average Bonchev–Trinajstić information content (AvgIpc) is 3.57. The second-order valence-electron chi connectivity index (χ2n) is 9.63. The van der Waals surface area contributed by atoms with E-state index < -0.39 is 5.82 Å². The zero-order valence-corrected chi connectivity index (χ0v) is 22.7. The van der Waals surface area contributed by atoms with Gasteiger partial charge >= 0.3 is 0 Å². The Morgan fingerprint density at radius 1 is 1.05 bits per heavy atom. The number of amides is 1. The molecule has 0 bridgehead atoms. The predicted octanol–water partition coefficient (Wildman–Crippen LogP) is 4.11. The van der Waals surface area contributed by atoms with Crippen LogP contribution in [-0.4, -0.2) is 71.2 Å². The molecule has 1 saturated heterocycles. The van der Waals surface area contributed by atoms with Gasteiger partial charge < -0.3 is 29.4 Å². The van der Waals surface area contributed by atoms with Gasteiger partial charge in [0.05, 0.1) is 37.9 Å². The van der Waals surface area contributed by atoms with Crippen LogP contribution >= 0.6 is 0 Å². The summed E-state index contributed by atoms with van der Waals surface area (Å²) in [5.41, 5.74) is 2.54. The van der Waals surface area contributed by atoms with Gasteiger partial charge in [0.2, 0.25) is 0 Å². The molecule has 5 aromatic rings. The van der Waals surface area contributed by atoms with Gasteiger partial charge in [0.25, 0.3) is 5.91 Å². The summed E-state index contributed by atoms with van der Waals surface area (Å²) in [7, 11) is 4.77. The number of carbonyl (C=O) groups excluding carboxylic acids is 1. The maximum atomic E-state index is 14.7. The lowest BCUT2D eigenvalue weighted by atomic mass is 10.1. The summed E-state index contributed by atoms with van der Waals surface area (Å²) in [4.78, 5) is 27.2. The Morgan fingerprint density at radius 3 is 2.51 bits per heavy atom. The van der Waals surface area contributed by atoms with Crippen molar-refractivity contribution in [1.29, 1.82) is 0 Å². The van der Waals surface area contributed by atoms with Crippen molar-refractivity contribution in [2.24, 2.45) is 0 Å². The lowest BCUT2D eigenvalue weighted by Crippen LogP contribution is -2.52. The number of halogens is 1. The highest BCUT2D eigenvalue weighted by Crippen LogP contribution is 2.29. The summed E-state index contributed by atoms with van der Waals surface area (Å²) in [5.74, 6) is 1.74. The second kappa shape index (κ2) is 10.9. The molecule has 11 nitrogen and oxygen atoms in total. The molecule has 0 radical (unpaired) electrons. The number of benzene rings is 2. The van der Waals surface area contributed by atoms with Crippen molar-refractivity contribution >= 4 is 28.6 Å².